The number of sulfonamides is 1. The normalized spacial score (nSPS) is 11.1. The molecular formula is C20H19NO6S2. The molecule has 0 saturated carbocycles. The van der Waals surface area contributed by atoms with E-state index in [1.54, 1.807) is 56.5 Å². The lowest BCUT2D eigenvalue weighted by atomic mass is 10.2. The van der Waals surface area contributed by atoms with E-state index in [9.17, 15) is 13.2 Å². The Hall–Kier alpha value is -3.04. The van der Waals surface area contributed by atoms with Crippen molar-refractivity contribution in [2.75, 3.05) is 11.8 Å². The molecule has 1 heterocycles. The predicted molar refractivity (Wildman–Crippen MR) is 112 cm³/mol. The quantitative estimate of drug-likeness (QED) is 0.536. The first-order valence-corrected chi connectivity index (χ1v) is 10.8. The van der Waals surface area contributed by atoms with E-state index in [1.165, 1.54) is 6.07 Å². The maximum Gasteiger partial charge on any atom is 0.512 e. The van der Waals surface area contributed by atoms with Gasteiger partial charge in [-0.15, -0.1) is 0 Å². The molecule has 0 amide bonds. The van der Waals surface area contributed by atoms with Crippen molar-refractivity contribution in [1.82, 2.24) is 0 Å². The lowest BCUT2D eigenvalue weighted by Crippen LogP contribution is -2.15. The third-order valence-electron chi connectivity index (χ3n) is 4.12. The van der Waals surface area contributed by atoms with E-state index in [-0.39, 0.29) is 15.6 Å². The van der Waals surface area contributed by atoms with E-state index in [4.69, 9.17) is 14.6 Å². The first-order valence-electron chi connectivity index (χ1n) is 8.48. The average molecular weight is 434 g/mol. The molecule has 0 radical (unpaired) electrons. The van der Waals surface area contributed by atoms with Gasteiger partial charge in [-0.25, -0.2) is 13.2 Å². The molecule has 1 aromatic heterocycles. The van der Waals surface area contributed by atoms with Crippen LogP contribution < -0.4 is 14.2 Å². The highest BCUT2D eigenvalue weighted by Gasteiger charge is 2.22. The van der Waals surface area contributed by atoms with Gasteiger partial charge in [-0.2, -0.15) is 0 Å². The fourth-order valence-corrected chi connectivity index (χ4v) is 5.11. The molecule has 0 spiro atoms. The van der Waals surface area contributed by atoms with Crippen LogP contribution in [0.4, 0.5) is 10.5 Å². The Balaban J connectivity index is 2.00. The first-order chi connectivity index (χ1) is 13.7. The Kier molecular flexibility index (Phi) is 5.81. The van der Waals surface area contributed by atoms with Gasteiger partial charge in [0.2, 0.25) is 5.06 Å². The summed E-state index contributed by atoms with van der Waals surface area (Å²) >= 11 is 1.03. The smallest absolute Gasteiger partial charge is 0.497 e. The number of anilines is 1. The van der Waals surface area contributed by atoms with Crippen LogP contribution in [0.3, 0.4) is 0 Å². The molecule has 0 aliphatic rings. The zero-order valence-electron chi connectivity index (χ0n) is 15.9. The second-order valence-electron chi connectivity index (χ2n) is 6.28. The lowest BCUT2D eigenvalue weighted by molar-refractivity contribution is 0.146. The molecule has 2 N–H and O–H groups in total. The van der Waals surface area contributed by atoms with Crippen molar-refractivity contribution in [2.45, 2.75) is 18.7 Å². The van der Waals surface area contributed by atoms with Crippen molar-refractivity contribution < 1.29 is 27.8 Å². The van der Waals surface area contributed by atoms with Crippen molar-refractivity contribution in [2.24, 2.45) is 0 Å². The third-order valence-corrected chi connectivity index (χ3v) is 6.70. The molecule has 0 aliphatic heterocycles. The number of rotatable bonds is 6. The van der Waals surface area contributed by atoms with Crippen LogP contribution in [0, 0.1) is 13.8 Å². The fraction of sp³-hybridized carbons (Fsp3) is 0.150. The average Bonchev–Trinajstić information content (AvgIpc) is 3.02. The van der Waals surface area contributed by atoms with Crippen molar-refractivity contribution in [1.29, 1.82) is 0 Å². The van der Waals surface area contributed by atoms with Gasteiger partial charge >= 0.3 is 6.16 Å². The number of methoxy groups -OCH3 is 1. The lowest BCUT2D eigenvalue weighted by Gasteiger charge is -2.10. The van der Waals surface area contributed by atoms with Crippen LogP contribution in [-0.4, -0.2) is 26.8 Å². The second-order valence-corrected chi connectivity index (χ2v) is 8.95. The van der Waals surface area contributed by atoms with E-state index >= 15 is 0 Å². The molecule has 9 heteroatoms. The van der Waals surface area contributed by atoms with Gasteiger partial charge in [0.15, 0.2) is 0 Å². The van der Waals surface area contributed by atoms with E-state index in [0.29, 0.717) is 16.2 Å². The zero-order valence-corrected chi connectivity index (χ0v) is 17.6. The Morgan fingerprint density at radius 1 is 1.07 bits per heavy atom. The monoisotopic (exact) mass is 433 g/mol. The summed E-state index contributed by atoms with van der Waals surface area (Å²) in [7, 11) is -2.38. The van der Waals surface area contributed by atoms with Gasteiger partial charge in [-0.3, -0.25) is 4.72 Å². The predicted octanol–water partition coefficient (Wildman–Crippen LogP) is 4.90. The number of carboxylic acid groups (broad SMARTS) is 1. The molecule has 2 aromatic carbocycles. The Morgan fingerprint density at radius 2 is 1.76 bits per heavy atom. The van der Waals surface area contributed by atoms with E-state index < -0.39 is 16.2 Å². The molecule has 7 nitrogen and oxygen atoms in total. The number of aryl methyl sites for hydroxylation is 2. The van der Waals surface area contributed by atoms with Gasteiger partial charge in [-0.05, 0) is 61.4 Å². The van der Waals surface area contributed by atoms with Crippen molar-refractivity contribution in [3.8, 4) is 21.3 Å². The molecule has 0 atom stereocenters. The van der Waals surface area contributed by atoms with Gasteiger partial charge in [0.25, 0.3) is 10.0 Å². The fourth-order valence-electron chi connectivity index (χ4n) is 2.80. The number of ether oxygens (including phenoxy) is 2. The summed E-state index contributed by atoms with van der Waals surface area (Å²) in [5.74, 6) is 0.670. The maximum atomic E-state index is 12.9. The van der Waals surface area contributed by atoms with Gasteiger partial charge in [-0.1, -0.05) is 29.0 Å². The molecule has 3 aromatic rings. The SMILES string of the molecule is COc1ccc(-c2cc(NS(=O)(=O)c3ccc(C)cc3C)c(OC(=O)O)s2)cc1. The number of nitrogens with one attached hydrogen (secondary N) is 1. The molecule has 0 bridgehead atoms. The highest BCUT2D eigenvalue weighted by Crippen LogP contribution is 2.42. The summed E-state index contributed by atoms with van der Waals surface area (Å²) in [6.07, 6.45) is -1.53. The van der Waals surface area contributed by atoms with E-state index in [0.717, 1.165) is 22.5 Å². The molecule has 0 aliphatic carbocycles. The van der Waals surface area contributed by atoms with Crippen LogP contribution >= 0.6 is 11.3 Å². The van der Waals surface area contributed by atoms with Crippen LogP contribution in [0.1, 0.15) is 11.1 Å². The number of hydrogen-bond donors (Lipinski definition) is 2. The Morgan fingerprint density at radius 3 is 2.34 bits per heavy atom. The van der Waals surface area contributed by atoms with Gasteiger partial charge < -0.3 is 14.6 Å². The number of thiophene rings is 1. The summed E-state index contributed by atoms with van der Waals surface area (Å²) < 4.78 is 38.1. The van der Waals surface area contributed by atoms with Crippen molar-refractivity contribution in [3.63, 3.8) is 0 Å². The Labute approximate surface area is 172 Å². The zero-order chi connectivity index (χ0) is 21.2. The number of benzene rings is 2. The molecule has 0 saturated heterocycles. The second kappa shape index (κ2) is 8.14. The highest BCUT2D eigenvalue weighted by atomic mass is 32.2. The minimum Gasteiger partial charge on any atom is -0.497 e. The standard InChI is InChI=1S/C20H19NO6S2/c1-12-4-9-18(13(2)10-12)29(24,25)21-16-11-17(28-19(16)27-20(22)23)14-5-7-15(26-3)8-6-14/h4-11,21H,1-3H3,(H,22,23). The topological polar surface area (TPSA) is 102 Å². The molecule has 152 valence electrons. The highest BCUT2D eigenvalue weighted by molar-refractivity contribution is 7.92. The summed E-state index contributed by atoms with van der Waals surface area (Å²) in [4.78, 5) is 11.8. The minimum absolute atomic E-state index is 0.0585. The third kappa shape index (κ3) is 4.69. The summed E-state index contributed by atoms with van der Waals surface area (Å²) in [5.41, 5.74) is 2.35. The van der Waals surface area contributed by atoms with Crippen LogP contribution in [0.5, 0.6) is 10.8 Å². The summed E-state index contributed by atoms with van der Waals surface area (Å²) in [5, 5.41) is 8.96. The van der Waals surface area contributed by atoms with E-state index in [1.807, 2.05) is 6.92 Å². The molecule has 3 rings (SSSR count). The largest absolute Gasteiger partial charge is 0.512 e. The molecule has 29 heavy (non-hydrogen) atoms. The Bertz CT molecular complexity index is 1150. The molecule has 0 fully saturated rings. The summed E-state index contributed by atoms with van der Waals surface area (Å²) in [6.45, 7) is 3.57. The molecule has 0 unspecified atom stereocenters. The van der Waals surface area contributed by atoms with Crippen molar-refractivity contribution in [3.05, 3.63) is 59.7 Å². The first kappa shape index (κ1) is 20.7. The van der Waals surface area contributed by atoms with Crippen molar-refractivity contribution >= 4 is 33.2 Å². The maximum absolute atomic E-state index is 12.9. The van der Waals surface area contributed by atoms with Crippen LogP contribution in [0.15, 0.2) is 53.4 Å². The summed E-state index contributed by atoms with van der Waals surface area (Å²) in [6, 6.07) is 13.6. The van der Waals surface area contributed by atoms with Gasteiger partial charge in [0, 0.05) is 4.88 Å². The van der Waals surface area contributed by atoms with E-state index in [2.05, 4.69) is 4.72 Å². The minimum atomic E-state index is -3.93. The van der Waals surface area contributed by atoms with Crippen LogP contribution in [0.25, 0.3) is 10.4 Å². The van der Waals surface area contributed by atoms with Gasteiger partial charge in [0.1, 0.15) is 11.4 Å². The molecular weight excluding hydrogens is 414 g/mol. The van der Waals surface area contributed by atoms with Crippen LogP contribution in [-0.2, 0) is 10.0 Å². The number of carbonyl (C=O) groups is 1. The van der Waals surface area contributed by atoms with Crippen LogP contribution in [0.2, 0.25) is 0 Å². The number of hydrogen-bond acceptors (Lipinski definition) is 6. The van der Waals surface area contributed by atoms with Gasteiger partial charge in [0.05, 0.1) is 12.0 Å².